The number of rotatable bonds is 5. The highest BCUT2D eigenvalue weighted by Crippen LogP contribution is 2.01. The van der Waals surface area contributed by atoms with E-state index in [1.54, 1.807) is 0 Å². The molecule has 0 aromatic carbocycles. The van der Waals surface area contributed by atoms with Crippen molar-refractivity contribution < 1.29 is 4.79 Å². The molecule has 0 aromatic rings. The highest BCUT2D eigenvalue weighted by atomic mass is 16.1. The van der Waals surface area contributed by atoms with Gasteiger partial charge in [0, 0.05) is 6.42 Å². The van der Waals surface area contributed by atoms with E-state index in [2.05, 4.69) is 18.7 Å². The van der Waals surface area contributed by atoms with Crippen molar-refractivity contribution in [2.75, 3.05) is 13.1 Å². The van der Waals surface area contributed by atoms with Crippen LogP contribution in [0.1, 0.15) is 34.1 Å². The predicted octanol–water partition coefficient (Wildman–Crippen LogP) is 1.70. The maximum absolute atomic E-state index is 11.2. The van der Waals surface area contributed by atoms with Gasteiger partial charge >= 0.3 is 0 Å². The Morgan fingerprint density at radius 1 is 1.27 bits per heavy atom. The van der Waals surface area contributed by atoms with Gasteiger partial charge < -0.3 is 0 Å². The zero-order valence-corrected chi connectivity index (χ0v) is 8.05. The van der Waals surface area contributed by atoms with Gasteiger partial charge in [-0.25, -0.2) is 0 Å². The Kier molecular flexibility index (Phi) is 5.12. The van der Waals surface area contributed by atoms with Gasteiger partial charge in [-0.3, -0.25) is 9.69 Å². The molecule has 0 rings (SSSR count). The van der Waals surface area contributed by atoms with Gasteiger partial charge in [0.25, 0.3) is 0 Å². The van der Waals surface area contributed by atoms with Crippen molar-refractivity contribution in [2.45, 2.75) is 40.2 Å². The molecule has 0 aliphatic rings. The van der Waals surface area contributed by atoms with E-state index >= 15 is 0 Å². The van der Waals surface area contributed by atoms with Crippen LogP contribution in [0.25, 0.3) is 0 Å². The molecular formula is C9H19NO. The molecule has 0 fully saturated rings. The highest BCUT2D eigenvalue weighted by molar-refractivity contribution is 5.83. The average molecular weight is 157 g/mol. The summed E-state index contributed by atoms with van der Waals surface area (Å²) < 4.78 is 0. The Morgan fingerprint density at radius 3 is 2.00 bits per heavy atom. The number of likely N-dealkylation sites (N-methyl/N-ethyl adjacent to an activating group) is 1. The first-order valence-corrected chi connectivity index (χ1v) is 4.44. The quantitative estimate of drug-likeness (QED) is 0.605. The standard InChI is InChI=1S/C9H19NO/c1-5-9(11)8(4)10(6-2)7-3/h8H,5-7H2,1-4H3/t8-/m0/s1. The molecule has 2 nitrogen and oxygen atoms in total. The fraction of sp³-hybridized carbons (Fsp3) is 0.889. The molecule has 0 unspecified atom stereocenters. The first kappa shape index (κ1) is 10.6. The SMILES string of the molecule is CCC(=O)[C@H](C)N(CC)CC. The molecule has 0 amide bonds. The van der Waals surface area contributed by atoms with E-state index in [1.165, 1.54) is 0 Å². The van der Waals surface area contributed by atoms with Crippen molar-refractivity contribution in [3.8, 4) is 0 Å². The molecule has 0 aliphatic heterocycles. The van der Waals surface area contributed by atoms with Crippen LogP contribution in [-0.4, -0.2) is 29.8 Å². The largest absolute Gasteiger partial charge is 0.298 e. The molecule has 1 atom stereocenters. The minimum atomic E-state index is 0.106. The maximum atomic E-state index is 11.2. The van der Waals surface area contributed by atoms with Crippen molar-refractivity contribution in [3.05, 3.63) is 0 Å². The van der Waals surface area contributed by atoms with Crippen molar-refractivity contribution in [1.82, 2.24) is 4.90 Å². The molecule has 0 aromatic heterocycles. The summed E-state index contributed by atoms with van der Waals surface area (Å²) >= 11 is 0. The lowest BCUT2D eigenvalue weighted by atomic mass is 10.1. The van der Waals surface area contributed by atoms with E-state index in [9.17, 15) is 4.79 Å². The molecule has 66 valence electrons. The number of nitrogens with zero attached hydrogens (tertiary/aromatic N) is 1. The summed E-state index contributed by atoms with van der Waals surface area (Å²) in [6.45, 7) is 10.00. The molecule has 0 N–H and O–H groups in total. The first-order chi connectivity index (χ1) is 5.17. The van der Waals surface area contributed by atoms with Crippen LogP contribution in [0.3, 0.4) is 0 Å². The third-order valence-corrected chi connectivity index (χ3v) is 2.17. The number of ketones is 1. The van der Waals surface area contributed by atoms with Gasteiger partial charge in [0.2, 0.25) is 0 Å². The summed E-state index contributed by atoms with van der Waals surface area (Å²) in [4.78, 5) is 13.4. The van der Waals surface area contributed by atoms with E-state index in [4.69, 9.17) is 0 Å². The van der Waals surface area contributed by atoms with Gasteiger partial charge in [-0.15, -0.1) is 0 Å². The van der Waals surface area contributed by atoms with Crippen LogP contribution >= 0.6 is 0 Å². The first-order valence-electron chi connectivity index (χ1n) is 4.44. The van der Waals surface area contributed by atoms with E-state index in [0.29, 0.717) is 12.2 Å². The Labute approximate surface area is 69.6 Å². The predicted molar refractivity (Wildman–Crippen MR) is 47.7 cm³/mol. The number of Topliss-reactive ketones (excluding diaryl/α,β-unsaturated/α-hetero) is 1. The molecule has 0 aliphatic carbocycles. The number of carbonyl (C=O) groups is 1. The molecule has 0 saturated carbocycles. The number of carbonyl (C=O) groups excluding carboxylic acids is 1. The summed E-state index contributed by atoms with van der Waals surface area (Å²) in [5, 5.41) is 0. The third kappa shape index (κ3) is 3.02. The molecule has 2 heteroatoms. The normalized spacial score (nSPS) is 13.5. The highest BCUT2D eigenvalue weighted by Gasteiger charge is 2.15. The zero-order valence-electron chi connectivity index (χ0n) is 8.05. The van der Waals surface area contributed by atoms with Crippen molar-refractivity contribution in [2.24, 2.45) is 0 Å². The van der Waals surface area contributed by atoms with Gasteiger partial charge in [-0.1, -0.05) is 20.8 Å². The molecule has 0 spiro atoms. The summed E-state index contributed by atoms with van der Waals surface area (Å²) in [6, 6.07) is 0.106. The van der Waals surface area contributed by atoms with Gasteiger partial charge in [-0.2, -0.15) is 0 Å². The van der Waals surface area contributed by atoms with Crippen LogP contribution in [0.2, 0.25) is 0 Å². The Hall–Kier alpha value is -0.370. The van der Waals surface area contributed by atoms with Crippen LogP contribution in [0.15, 0.2) is 0 Å². The van der Waals surface area contributed by atoms with E-state index < -0.39 is 0 Å². The van der Waals surface area contributed by atoms with Crippen LogP contribution in [0.4, 0.5) is 0 Å². The van der Waals surface area contributed by atoms with Gasteiger partial charge in [0.1, 0.15) is 5.78 Å². The van der Waals surface area contributed by atoms with Crippen LogP contribution in [0.5, 0.6) is 0 Å². The van der Waals surface area contributed by atoms with Gasteiger partial charge in [0.15, 0.2) is 0 Å². The summed E-state index contributed by atoms with van der Waals surface area (Å²) in [6.07, 6.45) is 0.650. The van der Waals surface area contributed by atoms with Crippen molar-refractivity contribution >= 4 is 5.78 Å². The van der Waals surface area contributed by atoms with Gasteiger partial charge in [0.05, 0.1) is 6.04 Å². The molecular weight excluding hydrogens is 138 g/mol. The Bertz CT molecular complexity index is 119. The second-order valence-electron chi connectivity index (χ2n) is 2.72. The lowest BCUT2D eigenvalue weighted by Crippen LogP contribution is -2.38. The lowest BCUT2D eigenvalue weighted by Gasteiger charge is -2.24. The molecule has 11 heavy (non-hydrogen) atoms. The van der Waals surface area contributed by atoms with E-state index in [-0.39, 0.29) is 6.04 Å². The van der Waals surface area contributed by atoms with Crippen LogP contribution in [-0.2, 0) is 4.79 Å². The molecule has 0 radical (unpaired) electrons. The smallest absolute Gasteiger partial charge is 0.149 e. The maximum Gasteiger partial charge on any atom is 0.149 e. The summed E-state index contributed by atoms with van der Waals surface area (Å²) in [5.41, 5.74) is 0. The van der Waals surface area contributed by atoms with Crippen molar-refractivity contribution in [1.29, 1.82) is 0 Å². The third-order valence-electron chi connectivity index (χ3n) is 2.17. The fourth-order valence-corrected chi connectivity index (χ4v) is 1.27. The molecule has 0 saturated heterocycles. The average Bonchev–Trinajstić information content (AvgIpc) is 2.05. The number of hydrogen-bond acceptors (Lipinski definition) is 2. The lowest BCUT2D eigenvalue weighted by molar-refractivity contribution is -0.123. The summed E-state index contributed by atoms with van der Waals surface area (Å²) in [5.74, 6) is 0.341. The minimum absolute atomic E-state index is 0.106. The van der Waals surface area contributed by atoms with Gasteiger partial charge in [-0.05, 0) is 20.0 Å². The van der Waals surface area contributed by atoms with Crippen molar-refractivity contribution in [3.63, 3.8) is 0 Å². The van der Waals surface area contributed by atoms with E-state index in [1.807, 2.05) is 13.8 Å². The fourth-order valence-electron chi connectivity index (χ4n) is 1.27. The Balaban J connectivity index is 3.97. The monoisotopic (exact) mass is 157 g/mol. The van der Waals surface area contributed by atoms with Crippen LogP contribution < -0.4 is 0 Å². The molecule has 0 bridgehead atoms. The summed E-state index contributed by atoms with van der Waals surface area (Å²) in [7, 11) is 0. The number of hydrogen-bond donors (Lipinski definition) is 0. The topological polar surface area (TPSA) is 20.3 Å². The second kappa shape index (κ2) is 5.30. The minimum Gasteiger partial charge on any atom is -0.298 e. The van der Waals surface area contributed by atoms with E-state index in [0.717, 1.165) is 13.1 Å². The zero-order chi connectivity index (χ0) is 8.85. The molecule has 0 heterocycles. The van der Waals surface area contributed by atoms with Crippen LogP contribution in [0, 0.1) is 0 Å². The second-order valence-corrected chi connectivity index (χ2v) is 2.72. The Morgan fingerprint density at radius 2 is 1.73 bits per heavy atom.